The Hall–Kier alpha value is -2.05. The first kappa shape index (κ1) is 12.7. The van der Waals surface area contributed by atoms with E-state index >= 15 is 0 Å². The van der Waals surface area contributed by atoms with Gasteiger partial charge in [0.1, 0.15) is 5.82 Å². The van der Waals surface area contributed by atoms with Crippen molar-refractivity contribution >= 4 is 28.8 Å². The number of benzene rings is 1. The number of fused-ring (bicyclic) bond motifs is 1. The van der Waals surface area contributed by atoms with Crippen LogP contribution in [0.4, 0.5) is 5.82 Å². The second-order valence-corrected chi connectivity index (χ2v) is 6.09. The number of nitrogens with zero attached hydrogens (tertiary/aromatic N) is 4. The van der Waals surface area contributed by atoms with Crippen LogP contribution in [0.25, 0.3) is 16.7 Å². The van der Waals surface area contributed by atoms with Crippen LogP contribution in [0, 0.1) is 0 Å². The van der Waals surface area contributed by atoms with Crippen LogP contribution < -0.4 is 10.0 Å². The highest BCUT2D eigenvalue weighted by Gasteiger charge is 2.27. The maximum atomic E-state index is 5.59. The summed E-state index contributed by atoms with van der Waals surface area (Å²) in [6.45, 7) is 1.91. The number of aromatic nitrogens is 3. The largest absolute Gasteiger partial charge is 0.354 e. The molecule has 0 atom stereocenters. The lowest BCUT2D eigenvalue weighted by atomic mass is 10.2. The third-order valence-corrected chi connectivity index (χ3v) is 4.42. The molecule has 1 aliphatic rings. The standard InChI is InChI=1S/C15H15N5S/c16-21-13-9-19(10-13)14-7-6-11-8-20(18-15(11)17-14)12-4-2-1-3-5-12/h1-8,13H,9-10,16H2. The van der Waals surface area contributed by atoms with E-state index in [0.717, 1.165) is 35.6 Å². The van der Waals surface area contributed by atoms with Crippen molar-refractivity contribution in [2.45, 2.75) is 5.25 Å². The lowest BCUT2D eigenvalue weighted by Gasteiger charge is -2.38. The smallest absolute Gasteiger partial charge is 0.183 e. The van der Waals surface area contributed by atoms with E-state index in [4.69, 9.17) is 5.14 Å². The summed E-state index contributed by atoms with van der Waals surface area (Å²) >= 11 is 1.43. The van der Waals surface area contributed by atoms with Gasteiger partial charge in [0, 0.05) is 24.7 Å². The molecule has 0 radical (unpaired) electrons. The fourth-order valence-corrected chi connectivity index (χ4v) is 3.03. The number of nitrogens with two attached hydrogens (primary N) is 1. The van der Waals surface area contributed by atoms with Crippen molar-refractivity contribution in [2.75, 3.05) is 18.0 Å². The van der Waals surface area contributed by atoms with Crippen molar-refractivity contribution in [3.05, 3.63) is 48.7 Å². The molecule has 0 saturated carbocycles. The molecule has 5 nitrogen and oxygen atoms in total. The predicted molar refractivity (Wildman–Crippen MR) is 86.6 cm³/mol. The molecule has 2 N–H and O–H groups in total. The van der Waals surface area contributed by atoms with Gasteiger partial charge in [-0.15, -0.1) is 5.10 Å². The number of rotatable bonds is 3. The van der Waals surface area contributed by atoms with Crippen LogP contribution in [0.5, 0.6) is 0 Å². The average Bonchev–Trinajstić information content (AvgIpc) is 2.90. The zero-order chi connectivity index (χ0) is 14.2. The Labute approximate surface area is 126 Å². The molecule has 21 heavy (non-hydrogen) atoms. The van der Waals surface area contributed by atoms with Gasteiger partial charge < -0.3 is 4.90 Å². The van der Waals surface area contributed by atoms with Gasteiger partial charge in [-0.3, -0.25) is 5.14 Å². The molecule has 106 valence electrons. The van der Waals surface area contributed by atoms with E-state index in [-0.39, 0.29) is 0 Å². The molecule has 0 amide bonds. The molecule has 1 fully saturated rings. The highest BCUT2D eigenvalue weighted by Crippen LogP contribution is 2.25. The normalized spacial score (nSPS) is 15.4. The van der Waals surface area contributed by atoms with E-state index in [0.29, 0.717) is 5.25 Å². The number of anilines is 1. The van der Waals surface area contributed by atoms with E-state index < -0.39 is 0 Å². The van der Waals surface area contributed by atoms with Gasteiger partial charge in [-0.25, -0.2) is 9.67 Å². The fourth-order valence-electron chi connectivity index (χ4n) is 2.49. The lowest BCUT2D eigenvalue weighted by Crippen LogP contribution is -2.50. The molecule has 3 heterocycles. The molecule has 0 unspecified atom stereocenters. The minimum Gasteiger partial charge on any atom is -0.354 e. The van der Waals surface area contributed by atoms with Crippen molar-refractivity contribution in [3.63, 3.8) is 0 Å². The average molecular weight is 297 g/mol. The van der Waals surface area contributed by atoms with Crippen LogP contribution in [-0.2, 0) is 0 Å². The predicted octanol–water partition coefficient (Wildman–Crippen LogP) is 2.22. The second kappa shape index (κ2) is 5.05. The Morgan fingerprint density at radius 3 is 2.67 bits per heavy atom. The van der Waals surface area contributed by atoms with Gasteiger partial charge >= 0.3 is 0 Å². The van der Waals surface area contributed by atoms with Gasteiger partial charge in [0.25, 0.3) is 0 Å². The Kier molecular flexibility index (Phi) is 3.05. The first-order valence-corrected chi connectivity index (χ1v) is 7.80. The molecular weight excluding hydrogens is 282 g/mol. The number of pyridine rings is 1. The third-order valence-electron chi connectivity index (χ3n) is 3.74. The van der Waals surface area contributed by atoms with Crippen LogP contribution in [0.1, 0.15) is 0 Å². The summed E-state index contributed by atoms with van der Waals surface area (Å²) in [6.07, 6.45) is 2.01. The number of para-hydroxylation sites is 1. The molecule has 2 aromatic heterocycles. The van der Waals surface area contributed by atoms with Crippen molar-refractivity contribution in [3.8, 4) is 5.69 Å². The van der Waals surface area contributed by atoms with Gasteiger partial charge in [0.2, 0.25) is 0 Å². The van der Waals surface area contributed by atoms with Gasteiger partial charge in [0.15, 0.2) is 5.65 Å². The van der Waals surface area contributed by atoms with E-state index in [9.17, 15) is 0 Å². The van der Waals surface area contributed by atoms with Crippen LogP contribution in [0.15, 0.2) is 48.7 Å². The van der Waals surface area contributed by atoms with Crippen LogP contribution in [-0.4, -0.2) is 33.1 Å². The zero-order valence-electron chi connectivity index (χ0n) is 11.4. The first-order valence-electron chi connectivity index (χ1n) is 6.86. The SMILES string of the molecule is NSC1CN(c2ccc3cn(-c4ccccc4)nc3n2)C1. The maximum absolute atomic E-state index is 5.59. The van der Waals surface area contributed by atoms with Gasteiger partial charge in [-0.2, -0.15) is 0 Å². The van der Waals surface area contributed by atoms with E-state index in [1.165, 1.54) is 11.9 Å². The van der Waals surface area contributed by atoms with E-state index in [1.807, 2.05) is 41.2 Å². The van der Waals surface area contributed by atoms with Crippen molar-refractivity contribution < 1.29 is 0 Å². The number of hydrogen-bond donors (Lipinski definition) is 1. The Bertz CT molecular complexity index is 764. The molecule has 0 spiro atoms. The van der Waals surface area contributed by atoms with Crippen LogP contribution >= 0.6 is 11.9 Å². The molecule has 0 bridgehead atoms. The summed E-state index contributed by atoms with van der Waals surface area (Å²) in [6, 6.07) is 14.2. The minimum atomic E-state index is 0.518. The summed E-state index contributed by atoms with van der Waals surface area (Å²) in [7, 11) is 0. The monoisotopic (exact) mass is 297 g/mol. The van der Waals surface area contributed by atoms with E-state index in [2.05, 4.69) is 27.1 Å². The summed E-state index contributed by atoms with van der Waals surface area (Å²) in [5.74, 6) is 0.978. The molecule has 4 rings (SSSR count). The second-order valence-electron chi connectivity index (χ2n) is 5.15. The van der Waals surface area contributed by atoms with Crippen molar-refractivity contribution in [1.82, 2.24) is 14.8 Å². The summed E-state index contributed by atoms with van der Waals surface area (Å²) in [5, 5.41) is 11.7. The first-order chi connectivity index (χ1) is 10.3. The van der Waals surface area contributed by atoms with Gasteiger partial charge in [0.05, 0.1) is 10.9 Å². The lowest BCUT2D eigenvalue weighted by molar-refractivity contribution is 0.627. The topological polar surface area (TPSA) is 60.0 Å². The Balaban J connectivity index is 1.66. The Morgan fingerprint density at radius 2 is 1.90 bits per heavy atom. The highest BCUT2D eigenvalue weighted by molar-refractivity contribution is 7.97. The van der Waals surface area contributed by atoms with Crippen LogP contribution in [0.2, 0.25) is 0 Å². The van der Waals surface area contributed by atoms with E-state index in [1.54, 1.807) is 0 Å². The zero-order valence-corrected chi connectivity index (χ0v) is 12.2. The molecule has 3 aromatic rings. The summed E-state index contributed by atoms with van der Waals surface area (Å²) in [4.78, 5) is 6.88. The number of hydrogen-bond acceptors (Lipinski definition) is 5. The Morgan fingerprint density at radius 1 is 1.10 bits per heavy atom. The molecular formula is C15H15N5S. The molecule has 6 heteroatoms. The van der Waals surface area contributed by atoms with Crippen molar-refractivity contribution in [1.29, 1.82) is 0 Å². The molecule has 1 aliphatic heterocycles. The quantitative estimate of drug-likeness (QED) is 0.751. The maximum Gasteiger partial charge on any atom is 0.183 e. The minimum absolute atomic E-state index is 0.518. The highest BCUT2D eigenvalue weighted by atomic mass is 32.2. The summed E-state index contributed by atoms with van der Waals surface area (Å²) in [5.41, 5.74) is 1.82. The van der Waals surface area contributed by atoms with Gasteiger partial charge in [-0.05, 0) is 24.3 Å². The van der Waals surface area contributed by atoms with Crippen molar-refractivity contribution in [2.24, 2.45) is 5.14 Å². The fraction of sp³-hybridized carbons (Fsp3) is 0.200. The third kappa shape index (κ3) is 2.26. The van der Waals surface area contributed by atoms with Gasteiger partial charge in [-0.1, -0.05) is 30.1 Å². The summed E-state index contributed by atoms with van der Waals surface area (Å²) < 4.78 is 1.87. The van der Waals surface area contributed by atoms with Crippen LogP contribution in [0.3, 0.4) is 0 Å². The molecule has 1 saturated heterocycles. The molecule has 0 aliphatic carbocycles. The molecule has 1 aromatic carbocycles.